The number of benzene rings is 1. The van der Waals surface area contributed by atoms with Gasteiger partial charge in [-0.05, 0) is 78.8 Å². The predicted octanol–water partition coefficient (Wildman–Crippen LogP) is 5.51. The summed E-state index contributed by atoms with van der Waals surface area (Å²) < 4.78 is 39.3. The van der Waals surface area contributed by atoms with Crippen molar-refractivity contribution in [3.05, 3.63) is 90.8 Å². The molecule has 3 heterocycles. The fraction of sp³-hybridized carbons (Fsp3) is 0.414. The molecule has 1 aliphatic heterocycles. The molecule has 0 spiro atoms. The van der Waals surface area contributed by atoms with Gasteiger partial charge in [0.25, 0.3) is 11.5 Å². The van der Waals surface area contributed by atoms with Crippen molar-refractivity contribution in [3.8, 4) is 0 Å². The van der Waals surface area contributed by atoms with Gasteiger partial charge in [-0.15, -0.1) is 11.3 Å². The van der Waals surface area contributed by atoms with Gasteiger partial charge >= 0.3 is 6.18 Å². The average Bonchev–Trinajstić information content (AvgIpc) is 3.61. The van der Waals surface area contributed by atoms with Crippen LogP contribution in [0.4, 0.5) is 13.2 Å². The van der Waals surface area contributed by atoms with Crippen molar-refractivity contribution < 1.29 is 23.1 Å². The highest BCUT2D eigenvalue weighted by Gasteiger charge is 2.50. The van der Waals surface area contributed by atoms with Gasteiger partial charge in [0.1, 0.15) is 5.82 Å². The van der Waals surface area contributed by atoms with Gasteiger partial charge in [-0.3, -0.25) is 9.59 Å². The van der Waals surface area contributed by atoms with E-state index in [4.69, 9.17) is 4.98 Å². The maximum atomic E-state index is 13.2. The summed E-state index contributed by atoms with van der Waals surface area (Å²) >= 11 is 1.70. The molecule has 1 fully saturated rings. The zero-order chi connectivity index (χ0) is 27.4. The minimum atomic E-state index is -4.59. The van der Waals surface area contributed by atoms with E-state index in [0.29, 0.717) is 23.5 Å². The zero-order valence-corrected chi connectivity index (χ0v) is 22.0. The number of thiophene rings is 1. The Morgan fingerprint density at radius 3 is 2.72 bits per heavy atom. The molecule has 39 heavy (non-hydrogen) atoms. The summed E-state index contributed by atoms with van der Waals surface area (Å²) in [6.07, 6.45) is 2.76. The smallest absolute Gasteiger partial charge is 0.378 e. The number of aromatic nitrogens is 2. The topological polar surface area (TPSA) is 86.3 Å². The lowest BCUT2D eigenvalue weighted by atomic mass is 9.94. The lowest BCUT2D eigenvalue weighted by Gasteiger charge is -2.30. The third kappa shape index (κ3) is 4.84. The Balaban J connectivity index is 1.21. The molecular weight excluding hydrogens is 527 g/mol. The van der Waals surface area contributed by atoms with Crippen LogP contribution >= 0.6 is 11.3 Å². The number of carbonyl (C=O) groups is 1. The number of nitrogens with zero attached hydrogens (tertiary/aromatic N) is 2. The molecule has 0 saturated heterocycles. The highest BCUT2D eigenvalue weighted by atomic mass is 32.1. The summed E-state index contributed by atoms with van der Waals surface area (Å²) in [4.78, 5) is 36.5. The number of carbonyl (C=O) groups excluding carboxylic acids is 1. The van der Waals surface area contributed by atoms with Crippen molar-refractivity contribution in [3.63, 3.8) is 0 Å². The molecule has 6 rings (SSSR count). The van der Waals surface area contributed by atoms with Crippen molar-refractivity contribution in [2.75, 3.05) is 6.54 Å². The van der Waals surface area contributed by atoms with Crippen molar-refractivity contribution in [2.45, 2.75) is 69.2 Å². The lowest BCUT2D eigenvalue weighted by Crippen LogP contribution is -2.42. The van der Waals surface area contributed by atoms with E-state index in [9.17, 15) is 27.9 Å². The van der Waals surface area contributed by atoms with Crippen LogP contribution in [0.1, 0.15) is 83.3 Å². The van der Waals surface area contributed by atoms with Gasteiger partial charge in [0.2, 0.25) is 0 Å². The third-order valence-electron chi connectivity index (χ3n) is 8.08. The molecule has 1 atom stereocenters. The molecule has 1 aromatic carbocycles. The molecule has 2 N–H and O–H groups in total. The van der Waals surface area contributed by atoms with Gasteiger partial charge in [-0.2, -0.15) is 13.2 Å². The number of allylic oxidation sites excluding steroid dienone is 2. The first-order chi connectivity index (χ1) is 18.7. The van der Waals surface area contributed by atoms with Crippen molar-refractivity contribution in [1.29, 1.82) is 0 Å². The molecule has 10 heteroatoms. The fourth-order valence-electron chi connectivity index (χ4n) is 5.62. The minimum absolute atomic E-state index is 0.0584. The van der Waals surface area contributed by atoms with E-state index in [1.54, 1.807) is 11.3 Å². The number of aromatic amines is 1. The molecule has 6 nitrogen and oxygen atoms in total. The van der Waals surface area contributed by atoms with E-state index in [-0.39, 0.29) is 29.6 Å². The molecule has 0 bridgehead atoms. The van der Waals surface area contributed by atoms with Crippen LogP contribution in [0.3, 0.4) is 0 Å². The van der Waals surface area contributed by atoms with Crippen LogP contribution in [-0.4, -0.2) is 32.4 Å². The Labute approximate surface area is 227 Å². The van der Waals surface area contributed by atoms with E-state index in [0.717, 1.165) is 43.9 Å². The van der Waals surface area contributed by atoms with Gasteiger partial charge in [-0.1, -0.05) is 18.2 Å². The van der Waals surface area contributed by atoms with E-state index in [1.807, 2.05) is 0 Å². The van der Waals surface area contributed by atoms with Gasteiger partial charge in [0.15, 0.2) is 6.10 Å². The van der Waals surface area contributed by atoms with Crippen LogP contribution in [0.5, 0.6) is 0 Å². The van der Waals surface area contributed by atoms with Crippen LogP contribution < -0.4 is 5.56 Å². The molecular formula is C29H28F3N3O3S. The predicted molar refractivity (Wildman–Crippen MR) is 141 cm³/mol. The number of nitrogens with one attached hydrogen (secondary N) is 1. The second-order valence-electron chi connectivity index (χ2n) is 10.6. The summed E-state index contributed by atoms with van der Waals surface area (Å²) in [7, 11) is 0. The number of H-pyrrole nitrogens is 1. The van der Waals surface area contributed by atoms with Crippen LogP contribution in [0, 0.1) is 0 Å². The number of hydrogen-bond acceptors (Lipinski definition) is 5. The number of fused-ring (bicyclic) bond motifs is 1. The third-order valence-corrected chi connectivity index (χ3v) is 9.21. The first kappa shape index (κ1) is 26.0. The summed E-state index contributed by atoms with van der Waals surface area (Å²) in [5.74, 6) is -0.0914. The fourth-order valence-corrected chi connectivity index (χ4v) is 6.82. The number of aliphatic hydroxyl groups is 1. The summed E-state index contributed by atoms with van der Waals surface area (Å²) in [5, 5.41) is 12.8. The number of alkyl halides is 3. The van der Waals surface area contributed by atoms with Crippen LogP contribution in [0.2, 0.25) is 0 Å². The zero-order valence-electron chi connectivity index (χ0n) is 21.2. The van der Waals surface area contributed by atoms with Crippen molar-refractivity contribution in [1.82, 2.24) is 14.9 Å². The summed E-state index contributed by atoms with van der Waals surface area (Å²) in [5.41, 5.74) is 1.94. The average molecular weight is 556 g/mol. The minimum Gasteiger partial charge on any atom is -0.378 e. The van der Waals surface area contributed by atoms with Crippen molar-refractivity contribution in [2.24, 2.45) is 0 Å². The quantitative estimate of drug-likeness (QED) is 0.435. The number of rotatable bonds is 5. The number of hydrogen-bond donors (Lipinski definition) is 2. The Kier molecular flexibility index (Phi) is 6.50. The van der Waals surface area contributed by atoms with Gasteiger partial charge < -0.3 is 15.0 Å². The largest absolute Gasteiger partial charge is 0.416 e. The van der Waals surface area contributed by atoms with Gasteiger partial charge in [-0.25, -0.2) is 4.98 Å². The van der Waals surface area contributed by atoms with Crippen LogP contribution in [-0.2, 0) is 29.4 Å². The first-order valence-electron chi connectivity index (χ1n) is 13.2. The molecule has 3 aliphatic rings. The lowest BCUT2D eigenvalue weighted by molar-refractivity contribution is -0.142. The number of halogens is 3. The molecule has 2 aliphatic carbocycles. The molecule has 1 amide bonds. The standard InChI is InChI=1S/C29H28F3N3O3S/c30-29(31,32)20-8-4-7-18(13-20)24(36)26(38)35-12-9-22-21(15-35)25(37)34-27(33-22)28(10-11-28)23-14-19(16-39-23)17-5-2-1-3-6-17/h4-5,7-8,13-14,16,24,36H,1-3,6,9-12,15H2,(H,33,34,37). The Morgan fingerprint density at radius 2 is 2.00 bits per heavy atom. The number of amides is 1. The first-order valence-corrected chi connectivity index (χ1v) is 14.1. The summed E-state index contributed by atoms with van der Waals surface area (Å²) in [6.45, 7) is 0.152. The van der Waals surface area contributed by atoms with Crippen molar-refractivity contribution >= 4 is 22.8 Å². The Morgan fingerprint density at radius 1 is 1.18 bits per heavy atom. The highest BCUT2D eigenvalue weighted by molar-refractivity contribution is 7.10. The van der Waals surface area contributed by atoms with E-state index in [1.165, 1.54) is 39.8 Å². The van der Waals surface area contributed by atoms with Crippen LogP contribution in [0.15, 0.2) is 46.6 Å². The SMILES string of the molecule is O=C(C(O)c1cccc(C(F)(F)F)c1)N1CCc2nc(C3(c4cc(C5=CCCCC5)cs4)CC3)[nH]c(=O)c2C1. The molecule has 1 saturated carbocycles. The van der Waals surface area contributed by atoms with E-state index >= 15 is 0 Å². The summed E-state index contributed by atoms with van der Waals surface area (Å²) in [6, 6.07) is 6.34. The molecule has 204 valence electrons. The normalized spacial score (nSPS) is 19.3. The van der Waals surface area contributed by atoms with E-state index in [2.05, 4.69) is 22.5 Å². The van der Waals surface area contributed by atoms with Gasteiger partial charge in [0, 0.05) is 17.8 Å². The molecule has 1 unspecified atom stereocenters. The molecule has 0 radical (unpaired) electrons. The molecule has 3 aromatic rings. The maximum Gasteiger partial charge on any atom is 0.416 e. The second-order valence-corrected chi connectivity index (χ2v) is 11.5. The Bertz CT molecular complexity index is 1520. The second kappa shape index (κ2) is 9.75. The van der Waals surface area contributed by atoms with E-state index < -0.39 is 23.8 Å². The monoisotopic (exact) mass is 555 g/mol. The van der Waals surface area contributed by atoms with Crippen LogP contribution in [0.25, 0.3) is 5.57 Å². The Hall–Kier alpha value is -3.24. The van der Waals surface area contributed by atoms with Gasteiger partial charge in [0.05, 0.1) is 28.8 Å². The highest BCUT2D eigenvalue weighted by Crippen LogP contribution is 2.54. The number of aliphatic hydroxyl groups excluding tert-OH is 1. The maximum absolute atomic E-state index is 13.2. The molecule has 2 aromatic heterocycles.